The van der Waals surface area contributed by atoms with Crippen LogP contribution in [-0.4, -0.2) is 34.9 Å². The number of carboxylic acid groups (broad SMARTS) is 2. The van der Waals surface area contributed by atoms with Gasteiger partial charge in [-0.2, -0.15) is 0 Å². The van der Waals surface area contributed by atoms with Crippen molar-refractivity contribution >= 4 is 11.9 Å². The highest BCUT2D eigenvalue weighted by Crippen LogP contribution is 1.98. The molecule has 5 nitrogen and oxygen atoms in total. The molecule has 0 saturated carbocycles. The number of rotatable bonds is 6. The van der Waals surface area contributed by atoms with E-state index in [0.29, 0.717) is 0 Å². The molecule has 0 bridgehead atoms. The van der Waals surface area contributed by atoms with Gasteiger partial charge in [-0.05, 0) is 0 Å². The van der Waals surface area contributed by atoms with Crippen LogP contribution in [0.1, 0.15) is 6.42 Å². The second-order valence-electron chi connectivity index (χ2n) is 2.05. The minimum Gasteiger partial charge on any atom is -0.481 e. The second-order valence-corrected chi connectivity index (χ2v) is 2.05. The zero-order valence-corrected chi connectivity index (χ0v) is 6.40. The smallest absolute Gasteiger partial charge is 0.333 e. The lowest BCUT2D eigenvalue weighted by atomic mass is 10.2. The lowest BCUT2D eigenvalue weighted by Crippen LogP contribution is -2.26. The largest absolute Gasteiger partial charge is 0.481 e. The molecule has 12 heavy (non-hydrogen) atoms. The Balaban J connectivity index is 3.94. The van der Waals surface area contributed by atoms with Crippen LogP contribution in [0, 0.1) is 0 Å². The molecule has 0 aromatic carbocycles. The van der Waals surface area contributed by atoms with Gasteiger partial charge in [0.1, 0.15) is 0 Å². The molecule has 68 valence electrons. The Morgan fingerprint density at radius 3 is 2.42 bits per heavy atom. The summed E-state index contributed by atoms with van der Waals surface area (Å²) >= 11 is 0. The maximum Gasteiger partial charge on any atom is 0.333 e. The van der Waals surface area contributed by atoms with E-state index >= 15 is 0 Å². The molecule has 1 unspecified atom stereocenters. The third kappa shape index (κ3) is 4.45. The van der Waals surface area contributed by atoms with E-state index in [2.05, 4.69) is 11.3 Å². The van der Waals surface area contributed by atoms with Gasteiger partial charge in [0.05, 0.1) is 13.0 Å². The predicted molar refractivity (Wildman–Crippen MR) is 39.8 cm³/mol. The maximum absolute atomic E-state index is 10.3. The molecule has 0 heterocycles. The van der Waals surface area contributed by atoms with Gasteiger partial charge < -0.3 is 14.9 Å². The summed E-state index contributed by atoms with van der Waals surface area (Å²) in [5.74, 6) is -2.48. The van der Waals surface area contributed by atoms with E-state index < -0.39 is 24.5 Å². The quantitative estimate of drug-likeness (QED) is 0.558. The van der Waals surface area contributed by atoms with Crippen LogP contribution in [0.2, 0.25) is 0 Å². The average Bonchev–Trinajstić information content (AvgIpc) is 1.96. The number of ether oxygens (including phenoxy) is 1. The van der Waals surface area contributed by atoms with Crippen molar-refractivity contribution in [3.8, 4) is 0 Å². The fourth-order valence-electron chi connectivity index (χ4n) is 0.560. The van der Waals surface area contributed by atoms with Crippen LogP contribution < -0.4 is 0 Å². The van der Waals surface area contributed by atoms with Crippen LogP contribution in [0.25, 0.3) is 0 Å². The molecule has 2 N–H and O–H groups in total. The fourth-order valence-corrected chi connectivity index (χ4v) is 0.560. The molecule has 1 atom stereocenters. The van der Waals surface area contributed by atoms with E-state index in [1.165, 1.54) is 6.08 Å². The van der Waals surface area contributed by atoms with Gasteiger partial charge in [0.2, 0.25) is 0 Å². The standard InChI is InChI=1S/C7H10O5/c1-2-3-12-5(7(10)11)4-6(8)9/h2,5H,1,3-4H2,(H,8,9)(H,10,11). The predicted octanol–water partition coefficient (Wildman–Crippen LogP) is 0.117. The molecule has 0 aromatic heterocycles. The summed E-state index contributed by atoms with van der Waals surface area (Å²) in [6.45, 7) is 3.34. The van der Waals surface area contributed by atoms with Crippen LogP contribution in [0.4, 0.5) is 0 Å². The van der Waals surface area contributed by atoms with Gasteiger partial charge >= 0.3 is 11.9 Å². The molecule has 0 aliphatic carbocycles. The summed E-state index contributed by atoms with van der Waals surface area (Å²) in [7, 11) is 0. The fraction of sp³-hybridized carbons (Fsp3) is 0.429. The summed E-state index contributed by atoms with van der Waals surface area (Å²) < 4.78 is 4.67. The Kier molecular flexibility index (Phi) is 4.71. The van der Waals surface area contributed by atoms with Gasteiger partial charge in [-0.15, -0.1) is 6.58 Å². The molecular formula is C7H10O5. The van der Waals surface area contributed by atoms with E-state index in [1.54, 1.807) is 0 Å². The first-order valence-electron chi connectivity index (χ1n) is 3.25. The van der Waals surface area contributed by atoms with E-state index in [-0.39, 0.29) is 6.61 Å². The van der Waals surface area contributed by atoms with Gasteiger partial charge in [0.25, 0.3) is 0 Å². The number of hydrogen-bond acceptors (Lipinski definition) is 3. The third-order valence-corrected chi connectivity index (χ3v) is 1.05. The van der Waals surface area contributed by atoms with Gasteiger partial charge in [-0.1, -0.05) is 6.08 Å². The minimum atomic E-state index is -1.29. The summed E-state index contributed by atoms with van der Waals surface area (Å²) in [6, 6.07) is 0. The highest BCUT2D eigenvalue weighted by molar-refractivity contribution is 5.79. The third-order valence-electron chi connectivity index (χ3n) is 1.05. The highest BCUT2D eigenvalue weighted by atomic mass is 16.5. The van der Waals surface area contributed by atoms with E-state index in [0.717, 1.165) is 0 Å². The topological polar surface area (TPSA) is 83.8 Å². The van der Waals surface area contributed by atoms with Crippen molar-refractivity contribution in [3.63, 3.8) is 0 Å². The molecular weight excluding hydrogens is 164 g/mol. The Hall–Kier alpha value is -1.36. The number of aliphatic carboxylic acids is 2. The minimum absolute atomic E-state index is 0.0320. The maximum atomic E-state index is 10.3. The number of carboxylic acids is 2. The normalized spacial score (nSPS) is 12.0. The van der Waals surface area contributed by atoms with Gasteiger partial charge in [-0.25, -0.2) is 4.79 Å². The molecule has 0 spiro atoms. The van der Waals surface area contributed by atoms with Crippen LogP contribution in [0.5, 0.6) is 0 Å². The lowest BCUT2D eigenvalue weighted by molar-refractivity contribution is -0.156. The first-order chi connectivity index (χ1) is 5.57. The number of hydrogen-bond donors (Lipinski definition) is 2. The van der Waals surface area contributed by atoms with E-state index in [4.69, 9.17) is 10.2 Å². The molecule has 0 radical (unpaired) electrons. The van der Waals surface area contributed by atoms with Crippen LogP contribution in [0.15, 0.2) is 12.7 Å². The summed E-state index contributed by atoms with van der Waals surface area (Å²) in [6.07, 6.45) is -0.471. The summed E-state index contributed by atoms with van der Waals surface area (Å²) in [4.78, 5) is 20.4. The summed E-state index contributed by atoms with van der Waals surface area (Å²) in [5, 5.41) is 16.7. The van der Waals surface area contributed by atoms with Crippen molar-refractivity contribution in [2.24, 2.45) is 0 Å². The molecule has 0 aliphatic heterocycles. The van der Waals surface area contributed by atoms with Crippen molar-refractivity contribution in [2.75, 3.05) is 6.61 Å². The van der Waals surface area contributed by atoms with Crippen molar-refractivity contribution in [1.29, 1.82) is 0 Å². The lowest BCUT2D eigenvalue weighted by Gasteiger charge is -2.08. The van der Waals surface area contributed by atoms with Crippen molar-refractivity contribution in [3.05, 3.63) is 12.7 Å². The van der Waals surface area contributed by atoms with Crippen LogP contribution in [-0.2, 0) is 14.3 Å². The monoisotopic (exact) mass is 174 g/mol. The molecule has 5 heteroatoms. The Morgan fingerprint density at radius 1 is 1.50 bits per heavy atom. The van der Waals surface area contributed by atoms with Gasteiger partial charge in [0.15, 0.2) is 6.10 Å². The SMILES string of the molecule is C=CCOC(CC(=O)O)C(=O)O. The molecule has 0 aliphatic rings. The van der Waals surface area contributed by atoms with Crippen molar-refractivity contribution in [1.82, 2.24) is 0 Å². The van der Waals surface area contributed by atoms with E-state index in [9.17, 15) is 9.59 Å². The molecule has 0 rings (SSSR count). The zero-order chi connectivity index (χ0) is 9.56. The zero-order valence-electron chi connectivity index (χ0n) is 6.40. The van der Waals surface area contributed by atoms with Crippen LogP contribution in [0.3, 0.4) is 0 Å². The van der Waals surface area contributed by atoms with Crippen molar-refractivity contribution < 1.29 is 24.5 Å². The first-order valence-corrected chi connectivity index (χ1v) is 3.25. The Bertz CT molecular complexity index is 186. The molecule has 0 fully saturated rings. The Morgan fingerprint density at radius 2 is 2.08 bits per heavy atom. The number of carbonyl (C=O) groups is 2. The molecule has 0 aromatic rings. The second kappa shape index (κ2) is 5.31. The van der Waals surface area contributed by atoms with Gasteiger partial charge in [-0.3, -0.25) is 4.79 Å². The molecule has 0 saturated heterocycles. The van der Waals surface area contributed by atoms with Crippen molar-refractivity contribution in [2.45, 2.75) is 12.5 Å². The summed E-state index contributed by atoms with van der Waals surface area (Å²) in [5.41, 5.74) is 0. The highest BCUT2D eigenvalue weighted by Gasteiger charge is 2.20. The average molecular weight is 174 g/mol. The van der Waals surface area contributed by atoms with Gasteiger partial charge in [0, 0.05) is 0 Å². The molecule has 0 amide bonds. The van der Waals surface area contributed by atoms with Crippen LogP contribution >= 0.6 is 0 Å². The first kappa shape index (κ1) is 10.6. The Labute approximate surface area is 69.3 Å². The van der Waals surface area contributed by atoms with E-state index in [1.807, 2.05) is 0 Å².